The molecule has 1 aromatic rings. The van der Waals surface area contributed by atoms with Crippen LogP contribution in [0.5, 0.6) is 5.75 Å². The Kier molecular flexibility index (Phi) is 2.80. The molecule has 71 valence electrons. The van der Waals surface area contributed by atoms with E-state index in [0.29, 0.717) is 0 Å². The zero-order valence-corrected chi connectivity index (χ0v) is 6.93. The highest BCUT2D eigenvalue weighted by Crippen LogP contribution is 2.24. The molecule has 1 atom stereocenters. The van der Waals surface area contributed by atoms with Gasteiger partial charge in [0, 0.05) is 6.07 Å². The average Bonchev–Trinajstić information content (AvgIpc) is 2.04. The summed E-state index contributed by atoms with van der Waals surface area (Å²) < 4.78 is 40.6. The van der Waals surface area contributed by atoms with Crippen molar-refractivity contribution in [2.75, 3.05) is 0 Å². The molecule has 0 amide bonds. The second-order valence-corrected chi connectivity index (χ2v) is 2.53. The topological polar surface area (TPSA) is 9.23 Å². The predicted molar refractivity (Wildman–Crippen MR) is 41.4 cm³/mol. The van der Waals surface area contributed by atoms with Crippen LogP contribution in [0.1, 0.15) is 6.92 Å². The van der Waals surface area contributed by atoms with Crippen molar-refractivity contribution in [1.29, 1.82) is 0 Å². The molecule has 0 spiro atoms. The minimum absolute atomic E-state index is 0.104. The van der Waals surface area contributed by atoms with E-state index in [4.69, 9.17) is 0 Å². The van der Waals surface area contributed by atoms with Gasteiger partial charge in [-0.1, -0.05) is 18.2 Å². The fourth-order valence-corrected chi connectivity index (χ4v) is 0.707. The van der Waals surface area contributed by atoms with Gasteiger partial charge in [-0.2, -0.15) is 13.2 Å². The first-order valence-electron chi connectivity index (χ1n) is 3.70. The van der Waals surface area contributed by atoms with Gasteiger partial charge in [0.15, 0.2) is 6.10 Å². The molecule has 0 saturated heterocycles. The van der Waals surface area contributed by atoms with E-state index in [2.05, 4.69) is 10.8 Å². The maximum Gasteiger partial charge on any atom is 0.425 e. The van der Waals surface area contributed by atoms with E-state index in [9.17, 15) is 13.2 Å². The van der Waals surface area contributed by atoms with Crippen molar-refractivity contribution in [2.45, 2.75) is 19.2 Å². The van der Waals surface area contributed by atoms with Crippen molar-refractivity contribution < 1.29 is 17.9 Å². The fraction of sp³-hybridized carbons (Fsp3) is 0.333. The van der Waals surface area contributed by atoms with E-state index < -0.39 is 12.3 Å². The summed E-state index contributed by atoms with van der Waals surface area (Å²) in [4.78, 5) is 0. The van der Waals surface area contributed by atoms with E-state index in [1.165, 1.54) is 12.1 Å². The fourth-order valence-electron chi connectivity index (χ4n) is 0.707. The summed E-state index contributed by atoms with van der Waals surface area (Å²) in [6.07, 6.45) is -6.13. The quantitative estimate of drug-likeness (QED) is 0.695. The summed E-state index contributed by atoms with van der Waals surface area (Å²) in [6, 6.07) is 8.73. The molecule has 0 bridgehead atoms. The lowest BCUT2D eigenvalue weighted by molar-refractivity contribution is -0.189. The second kappa shape index (κ2) is 3.68. The molecule has 0 N–H and O–H groups in total. The van der Waals surface area contributed by atoms with Crippen LogP contribution in [0, 0.1) is 6.07 Å². The lowest BCUT2D eigenvalue weighted by Gasteiger charge is -2.16. The average molecular weight is 189 g/mol. The smallest absolute Gasteiger partial charge is 0.425 e. The SMILES string of the molecule is CC(Oc1[c]cccc1)C(F)(F)F. The van der Waals surface area contributed by atoms with E-state index >= 15 is 0 Å². The molecule has 0 aliphatic carbocycles. The first-order valence-corrected chi connectivity index (χ1v) is 3.70. The van der Waals surface area contributed by atoms with E-state index in [0.717, 1.165) is 6.92 Å². The zero-order valence-electron chi connectivity index (χ0n) is 6.93. The lowest BCUT2D eigenvalue weighted by Crippen LogP contribution is -2.31. The molecule has 1 nitrogen and oxygen atoms in total. The summed E-state index contributed by atoms with van der Waals surface area (Å²) in [6.45, 7) is 0.959. The highest BCUT2D eigenvalue weighted by Gasteiger charge is 2.37. The third-order valence-corrected chi connectivity index (χ3v) is 1.45. The number of hydrogen-bond donors (Lipinski definition) is 0. The maximum absolute atomic E-state index is 12.0. The van der Waals surface area contributed by atoms with Gasteiger partial charge in [0.2, 0.25) is 0 Å². The Balaban J connectivity index is 2.61. The first kappa shape index (κ1) is 9.89. The molecule has 0 fully saturated rings. The summed E-state index contributed by atoms with van der Waals surface area (Å²) in [7, 11) is 0. The number of benzene rings is 1. The Morgan fingerprint density at radius 3 is 2.54 bits per heavy atom. The number of rotatable bonds is 2. The molecule has 0 heterocycles. The third kappa shape index (κ3) is 2.97. The molecule has 0 aromatic heterocycles. The molecule has 0 saturated carbocycles. The Morgan fingerprint density at radius 1 is 1.38 bits per heavy atom. The molecule has 1 radical (unpaired) electrons. The molecule has 1 aromatic carbocycles. The third-order valence-electron chi connectivity index (χ3n) is 1.45. The Bertz CT molecular complexity index is 255. The highest BCUT2D eigenvalue weighted by atomic mass is 19.4. The summed E-state index contributed by atoms with van der Waals surface area (Å²) in [5, 5.41) is 0. The van der Waals surface area contributed by atoms with E-state index in [1.54, 1.807) is 12.1 Å². The van der Waals surface area contributed by atoms with Gasteiger partial charge >= 0.3 is 6.18 Å². The monoisotopic (exact) mass is 189 g/mol. The van der Waals surface area contributed by atoms with Crippen LogP contribution in [0.3, 0.4) is 0 Å². The van der Waals surface area contributed by atoms with Crippen LogP contribution in [0.2, 0.25) is 0 Å². The number of halogens is 3. The van der Waals surface area contributed by atoms with Gasteiger partial charge in [0.1, 0.15) is 5.75 Å². The van der Waals surface area contributed by atoms with Crippen LogP contribution >= 0.6 is 0 Å². The zero-order chi connectivity index (χ0) is 9.90. The molecule has 1 unspecified atom stereocenters. The first-order chi connectivity index (χ1) is 6.00. The molecule has 1 rings (SSSR count). The molecular formula is C9H8F3O. The van der Waals surface area contributed by atoms with E-state index in [1.807, 2.05) is 0 Å². The van der Waals surface area contributed by atoms with Crippen LogP contribution in [-0.2, 0) is 0 Å². The van der Waals surface area contributed by atoms with Crippen molar-refractivity contribution in [3.8, 4) is 5.75 Å². The molecule has 13 heavy (non-hydrogen) atoms. The van der Waals surface area contributed by atoms with Gasteiger partial charge < -0.3 is 4.74 Å². The number of alkyl halides is 3. The van der Waals surface area contributed by atoms with Crippen LogP contribution in [-0.4, -0.2) is 12.3 Å². The van der Waals surface area contributed by atoms with Gasteiger partial charge in [-0.25, -0.2) is 0 Å². The van der Waals surface area contributed by atoms with Crippen LogP contribution < -0.4 is 4.74 Å². The van der Waals surface area contributed by atoms with Crippen molar-refractivity contribution in [2.24, 2.45) is 0 Å². The summed E-state index contributed by atoms with van der Waals surface area (Å²) in [5.41, 5.74) is 0. The largest absolute Gasteiger partial charge is 0.481 e. The Morgan fingerprint density at radius 2 is 2.08 bits per heavy atom. The van der Waals surface area contributed by atoms with Crippen molar-refractivity contribution in [3.63, 3.8) is 0 Å². The van der Waals surface area contributed by atoms with Crippen LogP contribution in [0.15, 0.2) is 24.3 Å². The number of hydrogen-bond acceptors (Lipinski definition) is 1. The minimum atomic E-state index is -4.33. The van der Waals surface area contributed by atoms with Gasteiger partial charge in [0.25, 0.3) is 0 Å². The number of para-hydroxylation sites is 1. The Labute approximate surface area is 74.1 Å². The van der Waals surface area contributed by atoms with Gasteiger partial charge in [-0.05, 0) is 13.0 Å². The predicted octanol–water partition coefficient (Wildman–Crippen LogP) is 2.82. The molecule has 0 aliphatic rings. The standard InChI is InChI=1S/C9H8F3O/c1-7(9(10,11)12)13-8-5-3-2-4-6-8/h2-5,7H,1H3. The van der Waals surface area contributed by atoms with E-state index in [-0.39, 0.29) is 5.75 Å². The summed E-state index contributed by atoms with van der Waals surface area (Å²) >= 11 is 0. The molecule has 0 aliphatic heterocycles. The van der Waals surface area contributed by atoms with Crippen molar-refractivity contribution >= 4 is 0 Å². The number of ether oxygens (including phenoxy) is 1. The normalized spacial score (nSPS) is 13.8. The lowest BCUT2D eigenvalue weighted by atomic mass is 10.3. The second-order valence-electron chi connectivity index (χ2n) is 2.53. The van der Waals surface area contributed by atoms with Crippen LogP contribution in [0.25, 0.3) is 0 Å². The van der Waals surface area contributed by atoms with Crippen molar-refractivity contribution in [3.05, 3.63) is 30.3 Å². The summed E-state index contributed by atoms with van der Waals surface area (Å²) in [5.74, 6) is 0.104. The molecular weight excluding hydrogens is 181 g/mol. The maximum atomic E-state index is 12.0. The van der Waals surface area contributed by atoms with Crippen LogP contribution in [0.4, 0.5) is 13.2 Å². The highest BCUT2D eigenvalue weighted by molar-refractivity contribution is 5.19. The van der Waals surface area contributed by atoms with Gasteiger partial charge in [-0.15, -0.1) is 0 Å². The van der Waals surface area contributed by atoms with Gasteiger partial charge in [-0.3, -0.25) is 0 Å². The minimum Gasteiger partial charge on any atom is -0.481 e. The Hall–Kier alpha value is -1.19. The molecule has 4 heteroatoms. The van der Waals surface area contributed by atoms with Gasteiger partial charge in [0.05, 0.1) is 0 Å². The van der Waals surface area contributed by atoms with Crippen molar-refractivity contribution in [1.82, 2.24) is 0 Å².